The van der Waals surface area contributed by atoms with Gasteiger partial charge in [0.2, 0.25) is 5.91 Å². The third-order valence-corrected chi connectivity index (χ3v) is 1.37. The number of nitrogens with two attached hydrogens (primary N) is 1. The summed E-state index contributed by atoms with van der Waals surface area (Å²) in [6.07, 6.45) is 1.71. The first-order chi connectivity index (χ1) is 5.07. The van der Waals surface area contributed by atoms with E-state index < -0.39 is 0 Å². The minimum atomic E-state index is -0.331. The van der Waals surface area contributed by atoms with Crippen molar-refractivity contribution in [3.63, 3.8) is 0 Å². The van der Waals surface area contributed by atoms with Crippen molar-refractivity contribution in [3.8, 4) is 0 Å². The summed E-state index contributed by atoms with van der Waals surface area (Å²) in [5.74, 6) is -0.0400. The summed E-state index contributed by atoms with van der Waals surface area (Å²) < 4.78 is 0. The zero-order valence-corrected chi connectivity index (χ0v) is 7.55. The fourth-order valence-electron chi connectivity index (χ4n) is 0.834. The number of carbonyl (C=O) groups excluding carboxylic acids is 1. The number of hydrogen-bond donors (Lipinski definition) is 2. The molecule has 3 heteroatoms. The molecule has 0 heterocycles. The average Bonchev–Trinajstić information content (AvgIpc) is 1.86. The van der Waals surface area contributed by atoms with Crippen molar-refractivity contribution in [2.24, 2.45) is 5.73 Å². The minimum absolute atomic E-state index is 0.0400. The normalized spacial score (nSPS) is 13.2. The fraction of sp³-hybridized carbons (Fsp3) is 0.875. The zero-order valence-electron chi connectivity index (χ0n) is 7.55. The molecule has 0 radical (unpaired) electrons. The Morgan fingerprint density at radius 3 is 2.45 bits per heavy atom. The van der Waals surface area contributed by atoms with Crippen molar-refractivity contribution in [2.45, 2.75) is 45.7 Å². The smallest absolute Gasteiger partial charge is 0.237 e. The number of carbonyl (C=O) groups is 1. The van der Waals surface area contributed by atoms with Crippen LogP contribution < -0.4 is 11.1 Å². The van der Waals surface area contributed by atoms with E-state index in [1.54, 1.807) is 0 Å². The Kier molecular flexibility index (Phi) is 4.86. The molecule has 3 nitrogen and oxygen atoms in total. The van der Waals surface area contributed by atoms with Gasteiger partial charge >= 0.3 is 0 Å². The van der Waals surface area contributed by atoms with E-state index >= 15 is 0 Å². The van der Waals surface area contributed by atoms with Crippen LogP contribution in [-0.2, 0) is 4.79 Å². The van der Waals surface area contributed by atoms with Gasteiger partial charge in [-0.05, 0) is 20.3 Å². The van der Waals surface area contributed by atoms with Crippen LogP contribution in [0.15, 0.2) is 0 Å². The number of rotatable bonds is 4. The molecular weight excluding hydrogens is 140 g/mol. The molecule has 0 bridgehead atoms. The van der Waals surface area contributed by atoms with E-state index in [4.69, 9.17) is 5.73 Å². The molecule has 1 amide bonds. The lowest BCUT2D eigenvalue weighted by Crippen LogP contribution is -2.43. The monoisotopic (exact) mass is 158 g/mol. The third kappa shape index (κ3) is 4.79. The molecule has 0 aliphatic carbocycles. The van der Waals surface area contributed by atoms with E-state index in [2.05, 4.69) is 5.32 Å². The molecule has 0 aromatic heterocycles. The van der Waals surface area contributed by atoms with Crippen molar-refractivity contribution >= 4 is 5.91 Å². The Morgan fingerprint density at radius 2 is 2.09 bits per heavy atom. The summed E-state index contributed by atoms with van der Waals surface area (Å²) in [4.78, 5) is 11.1. The van der Waals surface area contributed by atoms with Gasteiger partial charge in [0.15, 0.2) is 0 Å². The number of nitrogens with one attached hydrogen (secondary N) is 1. The summed E-state index contributed by atoms with van der Waals surface area (Å²) >= 11 is 0. The Balaban J connectivity index is 3.64. The molecule has 0 aromatic rings. The maximum Gasteiger partial charge on any atom is 0.237 e. The highest BCUT2D eigenvalue weighted by molar-refractivity contribution is 5.81. The molecule has 0 saturated carbocycles. The summed E-state index contributed by atoms with van der Waals surface area (Å²) in [6.45, 7) is 5.87. The van der Waals surface area contributed by atoms with Crippen LogP contribution >= 0.6 is 0 Å². The van der Waals surface area contributed by atoms with Gasteiger partial charge in [0.1, 0.15) is 0 Å². The van der Waals surface area contributed by atoms with Gasteiger partial charge in [-0.1, -0.05) is 13.3 Å². The maximum atomic E-state index is 11.1. The van der Waals surface area contributed by atoms with E-state index in [9.17, 15) is 4.79 Å². The molecule has 66 valence electrons. The SMILES string of the molecule is CCCC(N)C(=O)NC(C)C. The van der Waals surface area contributed by atoms with Gasteiger partial charge in [0, 0.05) is 6.04 Å². The standard InChI is InChI=1S/C8H18N2O/c1-4-5-7(9)8(11)10-6(2)3/h6-7H,4-5,9H2,1-3H3,(H,10,11). The van der Waals surface area contributed by atoms with Crippen LogP contribution in [0.4, 0.5) is 0 Å². The van der Waals surface area contributed by atoms with Crippen LogP contribution in [-0.4, -0.2) is 18.0 Å². The highest BCUT2D eigenvalue weighted by atomic mass is 16.2. The molecular formula is C8H18N2O. The molecule has 1 atom stereocenters. The first-order valence-corrected chi connectivity index (χ1v) is 4.13. The molecule has 11 heavy (non-hydrogen) atoms. The lowest BCUT2D eigenvalue weighted by Gasteiger charge is -2.13. The molecule has 1 unspecified atom stereocenters. The van der Waals surface area contributed by atoms with Gasteiger partial charge in [-0.3, -0.25) is 4.79 Å². The topological polar surface area (TPSA) is 55.1 Å². The second-order valence-corrected chi connectivity index (χ2v) is 3.06. The van der Waals surface area contributed by atoms with Crippen LogP contribution in [0.2, 0.25) is 0 Å². The molecule has 0 aliphatic heterocycles. The van der Waals surface area contributed by atoms with Crippen LogP contribution in [0.5, 0.6) is 0 Å². The van der Waals surface area contributed by atoms with E-state index in [0.717, 1.165) is 12.8 Å². The molecule has 0 aliphatic rings. The molecule has 0 aromatic carbocycles. The Bertz CT molecular complexity index is 123. The van der Waals surface area contributed by atoms with Gasteiger partial charge in [0.25, 0.3) is 0 Å². The second-order valence-electron chi connectivity index (χ2n) is 3.06. The van der Waals surface area contributed by atoms with Crippen molar-refractivity contribution in [2.75, 3.05) is 0 Å². The van der Waals surface area contributed by atoms with Crippen LogP contribution in [0.25, 0.3) is 0 Å². The van der Waals surface area contributed by atoms with E-state index in [1.165, 1.54) is 0 Å². The van der Waals surface area contributed by atoms with Gasteiger partial charge in [-0.15, -0.1) is 0 Å². The predicted molar refractivity (Wildman–Crippen MR) is 46.2 cm³/mol. The molecule has 0 fully saturated rings. The summed E-state index contributed by atoms with van der Waals surface area (Å²) in [5, 5.41) is 2.76. The zero-order chi connectivity index (χ0) is 8.85. The van der Waals surface area contributed by atoms with Crippen molar-refractivity contribution < 1.29 is 4.79 Å². The largest absolute Gasteiger partial charge is 0.353 e. The van der Waals surface area contributed by atoms with E-state index in [-0.39, 0.29) is 18.0 Å². The molecule has 3 N–H and O–H groups in total. The quantitative estimate of drug-likeness (QED) is 0.630. The Morgan fingerprint density at radius 1 is 1.55 bits per heavy atom. The lowest BCUT2D eigenvalue weighted by molar-refractivity contribution is -0.123. The Labute approximate surface area is 68.3 Å². The van der Waals surface area contributed by atoms with Crippen molar-refractivity contribution in [1.29, 1.82) is 0 Å². The van der Waals surface area contributed by atoms with Crippen LogP contribution in [0, 0.1) is 0 Å². The second kappa shape index (κ2) is 5.13. The van der Waals surface area contributed by atoms with Crippen molar-refractivity contribution in [3.05, 3.63) is 0 Å². The molecule has 0 saturated heterocycles. The molecule has 0 spiro atoms. The van der Waals surface area contributed by atoms with Gasteiger partial charge in [-0.2, -0.15) is 0 Å². The first kappa shape index (κ1) is 10.4. The average molecular weight is 158 g/mol. The highest BCUT2D eigenvalue weighted by Crippen LogP contribution is 1.93. The van der Waals surface area contributed by atoms with E-state index in [1.807, 2.05) is 20.8 Å². The molecule has 0 rings (SSSR count). The highest BCUT2D eigenvalue weighted by Gasteiger charge is 2.11. The summed E-state index contributed by atoms with van der Waals surface area (Å²) in [6, 6.07) is -0.146. The van der Waals surface area contributed by atoms with Gasteiger partial charge < -0.3 is 11.1 Å². The first-order valence-electron chi connectivity index (χ1n) is 4.13. The third-order valence-electron chi connectivity index (χ3n) is 1.37. The number of hydrogen-bond acceptors (Lipinski definition) is 2. The van der Waals surface area contributed by atoms with Crippen LogP contribution in [0.3, 0.4) is 0 Å². The maximum absolute atomic E-state index is 11.1. The fourth-order valence-corrected chi connectivity index (χ4v) is 0.834. The van der Waals surface area contributed by atoms with Gasteiger partial charge in [-0.25, -0.2) is 0 Å². The van der Waals surface area contributed by atoms with Crippen molar-refractivity contribution in [1.82, 2.24) is 5.32 Å². The number of amides is 1. The summed E-state index contributed by atoms with van der Waals surface area (Å²) in [7, 11) is 0. The van der Waals surface area contributed by atoms with Gasteiger partial charge in [0.05, 0.1) is 6.04 Å². The lowest BCUT2D eigenvalue weighted by atomic mass is 10.1. The minimum Gasteiger partial charge on any atom is -0.353 e. The Hall–Kier alpha value is -0.570. The van der Waals surface area contributed by atoms with Crippen LogP contribution in [0.1, 0.15) is 33.6 Å². The predicted octanol–water partition coefficient (Wildman–Crippen LogP) is 0.638. The summed E-state index contributed by atoms with van der Waals surface area (Å²) in [5.41, 5.74) is 5.56. The van der Waals surface area contributed by atoms with E-state index in [0.29, 0.717) is 0 Å².